The zero-order valence-corrected chi connectivity index (χ0v) is 11.7. The number of likely N-dealkylation sites (tertiary alicyclic amines) is 1. The molecule has 0 spiro atoms. The van der Waals surface area contributed by atoms with Gasteiger partial charge in [0.05, 0.1) is 12.1 Å². The second-order valence-electron chi connectivity index (χ2n) is 5.31. The van der Waals surface area contributed by atoms with Crippen LogP contribution in [-0.2, 0) is 16.0 Å². The number of amides is 1. The van der Waals surface area contributed by atoms with Crippen molar-refractivity contribution in [3.05, 3.63) is 35.9 Å². The van der Waals surface area contributed by atoms with Crippen molar-refractivity contribution >= 4 is 12.1 Å². The van der Waals surface area contributed by atoms with Crippen LogP contribution in [0.2, 0.25) is 0 Å². The maximum absolute atomic E-state index is 11.5. The van der Waals surface area contributed by atoms with Crippen molar-refractivity contribution < 1.29 is 24.5 Å². The molecule has 2 rings (SSSR count). The summed E-state index contributed by atoms with van der Waals surface area (Å²) in [5.41, 5.74) is 0.340. The molecule has 1 aliphatic heterocycles. The van der Waals surface area contributed by atoms with Crippen molar-refractivity contribution in [2.75, 3.05) is 19.8 Å². The number of aliphatic carboxylic acids is 1. The molecule has 21 heavy (non-hydrogen) atoms. The highest BCUT2D eigenvalue weighted by molar-refractivity contribution is 5.68. The summed E-state index contributed by atoms with van der Waals surface area (Å²) in [6.07, 6.45) is 0.978. The van der Waals surface area contributed by atoms with Crippen molar-refractivity contribution in [2.45, 2.75) is 24.8 Å². The molecule has 6 nitrogen and oxygen atoms in total. The van der Waals surface area contributed by atoms with Crippen molar-refractivity contribution in [3.8, 4) is 0 Å². The lowest BCUT2D eigenvalue weighted by Crippen LogP contribution is -2.52. The minimum absolute atomic E-state index is 0.0977. The molecule has 2 N–H and O–H groups in total. The highest BCUT2D eigenvalue weighted by Gasteiger charge is 2.44. The normalized spacial score (nSPS) is 21.4. The number of ether oxygens (including phenoxy) is 1. The summed E-state index contributed by atoms with van der Waals surface area (Å²) in [7, 11) is 0. The fourth-order valence-electron chi connectivity index (χ4n) is 2.93. The molecule has 6 heteroatoms. The summed E-state index contributed by atoms with van der Waals surface area (Å²) >= 11 is 0. The number of carboxylic acids is 1. The van der Waals surface area contributed by atoms with Crippen LogP contribution in [0.15, 0.2) is 30.3 Å². The first-order chi connectivity index (χ1) is 10.0. The lowest BCUT2D eigenvalue weighted by Gasteiger charge is -2.36. The number of benzene rings is 1. The second-order valence-corrected chi connectivity index (χ2v) is 5.31. The average Bonchev–Trinajstić information content (AvgIpc) is 2.83. The Kier molecular flexibility index (Phi) is 4.80. The van der Waals surface area contributed by atoms with E-state index in [-0.39, 0.29) is 6.61 Å². The summed E-state index contributed by atoms with van der Waals surface area (Å²) in [6.45, 7) is 0.142. The van der Waals surface area contributed by atoms with Crippen LogP contribution in [-0.4, -0.2) is 52.5 Å². The fourth-order valence-corrected chi connectivity index (χ4v) is 2.93. The molecule has 1 heterocycles. The van der Waals surface area contributed by atoms with Gasteiger partial charge in [0.1, 0.15) is 6.61 Å². The number of carbonyl (C=O) groups is 2. The Morgan fingerprint density at radius 3 is 2.57 bits per heavy atom. The van der Waals surface area contributed by atoms with Gasteiger partial charge in [0.2, 0.25) is 0 Å². The van der Waals surface area contributed by atoms with E-state index in [0.717, 1.165) is 12.0 Å². The second kappa shape index (κ2) is 6.58. The average molecular weight is 293 g/mol. The SMILES string of the molecule is O=C(O)COCC1(Cc2ccccc2)CCCN1C(=O)O. The maximum Gasteiger partial charge on any atom is 0.407 e. The first-order valence-electron chi connectivity index (χ1n) is 6.87. The van der Waals surface area contributed by atoms with Gasteiger partial charge in [-0.05, 0) is 24.8 Å². The zero-order chi connectivity index (χ0) is 15.3. The summed E-state index contributed by atoms with van der Waals surface area (Å²) in [6, 6.07) is 9.59. The molecule has 114 valence electrons. The molecule has 0 aromatic heterocycles. The highest BCUT2D eigenvalue weighted by atomic mass is 16.5. The van der Waals surface area contributed by atoms with Gasteiger partial charge in [0.25, 0.3) is 0 Å². The van der Waals surface area contributed by atoms with Crippen molar-refractivity contribution in [3.63, 3.8) is 0 Å². The van der Waals surface area contributed by atoms with Crippen LogP contribution in [0.1, 0.15) is 18.4 Å². The van der Waals surface area contributed by atoms with E-state index in [9.17, 15) is 14.7 Å². The minimum atomic E-state index is -1.05. The van der Waals surface area contributed by atoms with Crippen LogP contribution in [0.25, 0.3) is 0 Å². The molecule has 1 aromatic rings. The third kappa shape index (κ3) is 3.72. The minimum Gasteiger partial charge on any atom is -0.480 e. The molecule has 1 aliphatic rings. The molecule has 0 bridgehead atoms. The lowest BCUT2D eigenvalue weighted by molar-refractivity contribution is -0.143. The quantitative estimate of drug-likeness (QED) is 0.835. The topological polar surface area (TPSA) is 87.1 Å². The van der Waals surface area contributed by atoms with Gasteiger partial charge in [-0.25, -0.2) is 9.59 Å². The molecule has 0 radical (unpaired) electrons. The number of nitrogens with zero attached hydrogens (tertiary/aromatic N) is 1. The maximum atomic E-state index is 11.5. The molecular weight excluding hydrogens is 274 g/mol. The number of rotatable bonds is 6. The largest absolute Gasteiger partial charge is 0.480 e. The third-order valence-corrected chi connectivity index (χ3v) is 3.80. The van der Waals surface area contributed by atoms with Crippen LogP contribution in [0.3, 0.4) is 0 Å². The van der Waals surface area contributed by atoms with E-state index in [1.807, 2.05) is 30.3 Å². The Bertz CT molecular complexity index is 504. The molecule has 1 unspecified atom stereocenters. The van der Waals surface area contributed by atoms with E-state index < -0.39 is 24.2 Å². The molecule has 1 amide bonds. The Morgan fingerprint density at radius 1 is 1.24 bits per heavy atom. The Labute approximate surface area is 122 Å². The van der Waals surface area contributed by atoms with Gasteiger partial charge in [-0.15, -0.1) is 0 Å². The van der Waals surface area contributed by atoms with Gasteiger partial charge in [-0.1, -0.05) is 30.3 Å². The van der Waals surface area contributed by atoms with E-state index in [1.54, 1.807) is 0 Å². The zero-order valence-electron chi connectivity index (χ0n) is 11.7. The lowest BCUT2D eigenvalue weighted by atomic mass is 9.89. The van der Waals surface area contributed by atoms with E-state index in [1.165, 1.54) is 4.90 Å². The fraction of sp³-hybridized carbons (Fsp3) is 0.467. The molecule has 1 atom stereocenters. The van der Waals surface area contributed by atoms with Gasteiger partial charge in [0.15, 0.2) is 0 Å². The molecule has 1 saturated heterocycles. The monoisotopic (exact) mass is 293 g/mol. The predicted molar refractivity (Wildman–Crippen MR) is 75.3 cm³/mol. The summed E-state index contributed by atoms with van der Waals surface area (Å²) < 4.78 is 5.23. The van der Waals surface area contributed by atoms with Gasteiger partial charge in [-0.3, -0.25) is 0 Å². The molecular formula is C15H19NO5. The van der Waals surface area contributed by atoms with E-state index in [0.29, 0.717) is 19.4 Å². The van der Waals surface area contributed by atoms with Crippen molar-refractivity contribution in [2.24, 2.45) is 0 Å². The van der Waals surface area contributed by atoms with Gasteiger partial charge in [-0.2, -0.15) is 0 Å². The van der Waals surface area contributed by atoms with E-state index in [2.05, 4.69) is 0 Å². The van der Waals surface area contributed by atoms with Crippen molar-refractivity contribution in [1.29, 1.82) is 0 Å². The molecule has 1 aromatic carbocycles. The highest BCUT2D eigenvalue weighted by Crippen LogP contribution is 2.33. The van der Waals surface area contributed by atoms with Crippen LogP contribution < -0.4 is 0 Å². The Balaban J connectivity index is 2.17. The van der Waals surface area contributed by atoms with Crippen LogP contribution in [0.5, 0.6) is 0 Å². The number of hydrogen-bond donors (Lipinski definition) is 2. The summed E-state index contributed by atoms with van der Waals surface area (Å²) in [5, 5.41) is 18.1. The van der Waals surface area contributed by atoms with Crippen LogP contribution >= 0.6 is 0 Å². The predicted octanol–water partition coefficient (Wildman–Crippen LogP) is 1.84. The first-order valence-corrected chi connectivity index (χ1v) is 6.87. The Hall–Kier alpha value is -2.08. The number of hydrogen-bond acceptors (Lipinski definition) is 3. The first kappa shape index (κ1) is 15.3. The number of carboxylic acid groups (broad SMARTS) is 2. The summed E-state index contributed by atoms with van der Waals surface area (Å²) in [4.78, 5) is 23.4. The molecule has 1 fully saturated rings. The van der Waals surface area contributed by atoms with Gasteiger partial charge < -0.3 is 19.8 Å². The van der Waals surface area contributed by atoms with Gasteiger partial charge in [0, 0.05) is 6.54 Å². The molecule has 0 saturated carbocycles. The van der Waals surface area contributed by atoms with Crippen LogP contribution in [0.4, 0.5) is 4.79 Å². The summed E-state index contributed by atoms with van der Waals surface area (Å²) in [5.74, 6) is -1.05. The Morgan fingerprint density at radius 2 is 1.95 bits per heavy atom. The molecule has 0 aliphatic carbocycles. The van der Waals surface area contributed by atoms with Crippen LogP contribution in [0, 0.1) is 0 Å². The van der Waals surface area contributed by atoms with E-state index >= 15 is 0 Å². The van der Waals surface area contributed by atoms with E-state index in [4.69, 9.17) is 9.84 Å². The smallest absolute Gasteiger partial charge is 0.407 e. The third-order valence-electron chi connectivity index (χ3n) is 3.80. The standard InChI is InChI=1S/C15H19NO5/c17-13(18)10-21-11-15(7-4-8-16(15)14(19)20)9-12-5-2-1-3-6-12/h1-3,5-6H,4,7-11H2,(H,17,18)(H,19,20). The van der Waals surface area contributed by atoms with Gasteiger partial charge >= 0.3 is 12.1 Å². The van der Waals surface area contributed by atoms with Crippen molar-refractivity contribution in [1.82, 2.24) is 4.90 Å².